The molecule has 1 aliphatic rings. The zero-order valence-electron chi connectivity index (χ0n) is 17.3. The maximum absolute atomic E-state index is 3.60. The van der Waals surface area contributed by atoms with Crippen LogP contribution >= 0.6 is 0 Å². The highest BCUT2D eigenvalue weighted by Crippen LogP contribution is 2.46. The molecule has 2 nitrogen and oxygen atoms in total. The van der Waals surface area contributed by atoms with Crippen LogP contribution in [0.1, 0.15) is 48.9 Å². The molecule has 0 spiro atoms. The average molecular weight is 381 g/mol. The van der Waals surface area contributed by atoms with Crippen molar-refractivity contribution in [3.63, 3.8) is 0 Å². The highest BCUT2D eigenvalue weighted by atomic mass is 14.7. The van der Waals surface area contributed by atoms with Crippen LogP contribution < -0.4 is 0 Å². The predicted octanol–water partition coefficient (Wildman–Crippen LogP) is 7.15. The number of aromatic nitrogens is 2. The lowest BCUT2D eigenvalue weighted by Gasteiger charge is -2.17. The highest BCUT2D eigenvalue weighted by molar-refractivity contribution is 5.93. The predicted molar refractivity (Wildman–Crippen MR) is 122 cm³/mol. The van der Waals surface area contributed by atoms with E-state index in [2.05, 4.69) is 84.7 Å². The van der Waals surface area contributed by atoms with Gasteiger partial charge in [-0.05, 0) is 64.8 Å². The van der Waals surface area contributed by atoms with Gasteiger partial charge < -0.3 is 9.97 Å². The van der Waals surface area contributed by atoms with Crippen LogP contribution in [0.5, 0.6) is 0 Å². The fourth-order valence-corrected chi connectivity index (χ4v) is 4.95. The molecule has 0 bridgehead atoms. The van der Waals surface area contributed by atoms with E-state index in [9.17, 15) is 0 Å². The van der Waals surface area contributed by atoms with Crippen LogP contribution in [0.4, 0.5) is 0 Å². The summed E-state index contributed by atoms with van der Waals surface area (Å²) in [6.07, 6.45) is 9.70. The van der Waals surface area contributed by atoms with Gasteiger partial charge in [0.1, 0.15) is 0 Å². The van der Waals surface area contributed by atoms with Gasteiger partial charge in [-0.3, -0.25) is 0 Å². The minimum atomic E-state index is 1.00. The summed E-state index contributed by atoms with van der Waals surface area (Å²) in [5.74, 6) is 0. The van der Waals surface area contributed by atoms with Gasteiger partial charge in [-0.2, -0.15) is 0 Å². The third-order valence-electron chi connectivity index (χ3n) is 6.21. The van der Waals surface area contributed by atoms with Crippen LogP contribution in [0, 0.1) is 0 Å². The number of fused-ring (bicyclic) bond motifs is 3. The van der Waals surface area contributed by atoms with Crippen LogP contribution in [0.2, 0.25) is 0 Å². The number of aryl methyl sites for hydroxylation is 2. The second kappa shape index (κ2) is 7.44. The van der Waals surface area contributed by atoms with E-state index in [1.54, 1.807) is 0 Å². The number of rotatable bonds is 6. The minimum Gasteiger partial charge on any atom is -0.361 e. The molecule has 0 saturated carbocycles. The third kappa shape index (κ3) is 2.95. The van der Waals surface area contributed by atoms with Crippen LogP contribution in [0.15, 0.2) is 60.9 Å². The molecule has 0 fully saturated rings. The van der Waals surface area contributed by atoms with Crippen molar-refractivity contribution in [2.24, 2.45) is 0 Å². The summed E-state index contributed by atoms with van der Waals surface area (Å²) in [5, 5.41) is 0. The maximum atomic E-state index is 3.60. The van der Waals surface area contributed by atoms with Gasteiger partial charge in [0.25, 0.3) is 0 Å². The highest BCUT2D eigenvalue weighted by Gasteiger charge is 2.26. The summed E-state index contributed by atoms with van der Waals surface area (Å²) in [5.41, 5.74) is 13.8. The first-order valence-electron chi connectivity index (χ1n) is 10.9. The quantitative estimate of drug-likeness (QED) is 0.313. The normalized spacial score (nSPS) is 12.2. The Hall–Kier alpha value is -3.00. The standard InChI is InChI=1S/C27H28N2/c1-3-7-18-13-15-28-26(18)23-12-11-22-21-10-6-5-9-20(21)17-24(22)25(23)27-19(8-4-2)14-16-29-27/h5-6,9-16,28-29H,3-4,7-8,17H2,1-2H3. The van der Waals surface area contributed by atoms with E-state index < -0.39 is 0 Å². The molecule has 0 saturated heterocycles. The first-order chi connectivity index (χ1) is 14.3. The molecule has 4 aromatic rings. The molecular weight excluding hydrogens is 352 g/mol. The van der Waals surface area contributed by atoms with Gasteiger partial charge in [0.05, 0.1) is 0 Å². The second-order valence-corrected chi connectivity index (χ2v) is 8.10. The zero-order chi connectivity index (χ0) is 19.8. The van der Waals surface area contributed by atoms with Gasteiger partial charge in [-0.15, -0.1) is 0 Å². The number of benzene rings is 2. The first-order valence-corrected chi connectivity index (χ1v) is 10.9. The molecule has 0 amide bonds. The van der Waals surface area contributed by atoms with Crippen molar-refractivity contribution in [3.05, 3.63) is 83.2 Å². The van der Waals surface area contributed by atoms with E-state index in [1.807, 2.05) is 0 Å². The molecule has 5 rings (SSSR count). The number of nitrogens with one attached hydrogen (secondary N) is 2. The van der Waals surface area contributed by atoms with E-state index in [0.29, 0.717) is 0 Å². The van der Waals surface area contributed by atoms with Gasteiger partial charge >= 0.3 is 0 Å². The summed E-state index contributed by atoms with van der Waals surface area (Å²) in [7, 11) is 0. The summed E-state index contributed by atoms with van der Waals surface area (Å²) in [6.45, 7) is 4.51. The molecule has 2 heterocycles. The molecule has 2 N–H and O–H groups in total. The summed E-state index contributed by atoms with van der Waals surface area (Å²) >= 11 is 0. The van der Waals surface area contributed by atoms with E-state index in [0.717, 1.165) is 32.1 Å². The average Bonchev–Trinajstić information content (AvgIpc) is 3.46. The zero-order valence-corrected chi connectivity index (χ0v) is 17.3. The smallest absolute Gasteiger partial charge is 0.0496 e. The van der Waals surface area contributed by atoms with Crippen molar-refractivity contribution < 1.29 is 0 Å². The first kappa shape index (κ1) is 18.1. The van der Waals surface area contributed by atoms with E-state index in [-0.39, 0.29) is 0 Å². The number of hydrogen-bond acceptors (Lipinski definition) is 0. The number of hydrogen-bond donors (Lipinski definition) is 2. The third-order valence-corrected chi connectivity index (χ3v) is 6.21. The molecule has 0 unspecified atom stereocenters. The molecule has 0 radical (unpaired) electrons. The van der Waals surface area contributed by atoms with Gasteiger partial charge in [0.15, 0.2) is 0 Å². The van der Waals surface area contributed by atoms with Crippen molar-refractivity contribution in [2.75, 3.05) is 0 Å². The Bertz CT molecular complexity index is 1160. The number of H-pyrrole nitrogens is 2. The fraction of sp³-hybridized carbons (Fsp3) is 0.259. The molecule has 0 aliphatic heterocycles. The molecule has 1 aliphatic carbocycles. The van der Waals surface area contributed by atoms with Crippen molar-refractivity contribution in [3.8, 4) is 33.6 Å². The molecule has 0 atom stereocenters. The fourth-order valence-electron chi connectivity index (χ4n) is 4.95. The molecular formula is C27H28N2. The molecule has 146 valence electrons. The Morgan fingerprint density at radius 1 is 0.690 bits per heavy atom. The van der Waals surface area contributed by atoms with Crippen molar-refractivity contribution in [2.45, 2.75) is 46.0 Å². The Labute approximate surface area is 173 Å². The topological polar surface area (TPSA) is 31.6 Å². The van der Waals surface area contributed by atoms with E-state index in [1.165, 1.54) is 55.9 Å². The van der Waals surface area contributed by atoms with Gasteiger partial charge in [0.2, 0.25) is 0 Å². The van der Waals surface area contributed by atoms with Gasteiger partial charge in [0, 0.05) is 34.9 Å². The molecule has 2 aromatic carbocycles. The van der Waals surface area contributed by atoms with Crippen LogP contribution in [0.3, 0.4) is 0 Å². The van der Waals surface area contributed by atoms with Crippen LogP contribution in [0.25, 0.3) is 33.6 Å². The van der Waals surface area contributed by atoms with E-state index >= 15 is 0 Å². The monoisotopic (exact) mass is 380 g/mol. The second-order valence-electron chi connectivity index (χ2n) is 8.10. The van der Waals surface area contributed by atoms with Gasteiger partial charge in [-0.1, -0.05) is 63.1 Å². The lowest BCUT2D eigenvalue weighted by molar-refractivity contribution is 0.923. The summed E-state index contributed by atoms with van der Waals surface area (Å²) < 4.78 is 0. The largest absolute Gasteiger partial charge is 0.361 e. The van der Waals surface area contributed by atoms with Crippen molar-refractivity contribution >= 4 is 0 Å². The Morgan fingerprint density at radius 2 is 1.34 bits per heavy atom. The Kier molecular flexibility index (Phi) is 4.63. The Morgan fingerprint density at radius 3 is 2.10 bits per heavy atom. The van der Waals surface area contributed by atoms with Gasteiger partial charge in [-0.25, -0.2) is 0 Å². The SMILES string of the molecule is CCCc1cc[nH]c1-c1ccc2c(c1-c1[nH]ccc1CCC)Cc1ccccc1-2. The van der Waals surface area contributed by atoms with Crippen LogP contribution in [-0.2, 0) is 19.3 Å². The van der Waals surface area contributed by atoms with Crippen molar-refractivity contribution in [1.29, 1.82) is 0 Å². The maximum Gasteiger partial charge on any atom is 0.0496 e. The molecule has 2 aromatic heterocycles. The van der Waals surface area contributed by atoms with Crippen molar-refractivity contribution in [1.82, 2.24) is 9.97 Å². The van der Waals surface area contributed by atoms with Crippen LogP contribution in [-0.4, -0.2) is 9.97 Å². The lowest BCUT2D eigenvalue weighted by Crippen LogP contribution is -1.98. The number of aromatic amines is 2. The molecule has 29 heavy (non-hydrogen) atoms. The minimum absolute atomic E-state index is 1.00. The lowest BCUT2D eigenvalue weighted by atomic mass is 9.89. The summed E-state index contributed by atoms with van der Waals surface area (Å²) in [6, 6.07) is 18.0. The molecule has 2 heteroatoms. The Balaban J connectivity index is 1.78. The van der Waals surface area contributed by atoms with E-state index in [4.69, 9.17) is 0 Å². The summed E-state index contributed by atoms with van der Waals surface area (Å²) in [4.78, 5) is 7.16.